The summed E-state index contributed by atoms with van der Waals surface area (Å²) in [4.78, 5) is 9.22. The van der Waals surface area contributed by atoms with Crippen LogP contribution >= 0.6 is 0 Å². The summed E-state index contributed by atoms with van der Waals surface area (Å²) in [5.74, 6) is -2.86. The lowest BCUT2D eigenvalue weighted by molar-refractivity contribution is -0.385. The van der Waals surface area contributed by atoms with Gasteiger partial charge in [0.25, 0.3) is 5.69 Å². The van der Waals surface area contributed by atoms with Gasteiger partial charge in [0, 0.05) is 6.54 Å². The molecule has 0 saturated heterocycles. The maximum absolute atomic E-state index is 13.2. The summed E-state index contributed by atoms with van der Waals surface area (Å²) in [5, 5.41) is 20.6. The van der Waals surface area contributed by atoms with Gasteiger partial charge in [0.2, 0.25) is 0 Å². The lowest BCUT2D eigenvalue weighted by atomic mass is 10.2. The first-order valence-electron chi connectivity index (χ1n) is 4.75. The van der Waals surface area contributed by atoms with Crippen LogP contribution in [0.2, 0.25) is 0 Å². The summed E-state index contributed by atoms with van der Waals surface area (Å²) in [6, 6.07) is 0.705. The van der Waals surface area contributed by atoms with Crippen LogP contribution in [0.4, 0.5) is 33.3 Å². The molecule has 0 aliphatic heterocycles. The van der Waals surface area contributed by atoms with Crippen LogP contribution in [0.1, 0.15) is 0 Å². The van der Waals surface area contributed by atoms with Crippen LogP contribution in [-0.4, -0.2) is 28.9 Å². The maximum Gasteiger partial charge on any atom is 0.416 e. The molecule has 1 unspecified atom stereocenters. The van der Waals surface area contributed by atoms with Crippen molar-refractivity contribution in [2.24, 2.45) is 0 Å². The Bertz CT molecular complexity index is 468. The number of aliphatic hydroxyl groups is 1. The van der Waals surface area contributed by atoms with Crippen molar-refractivity contribution < 1.29 is 32.0 Å². The van der Waals surface area contributed by atoms with E-state index < -0.39 is 46.8 Å². The SMILES string of the molecule is O=[N+]([O-])c1cc(F)c(NCC(O)C(F)(F)F)c(F)c1. The van der Waals surface area contributed by atoms with Crippen LogP contribution in [0, 0.1) is 21.7 Å². The second kappa shape index (κ2) is 5.34. The monoisotopic (exact) mass is 286 g/mol. The number of benzene rings is 1. The van der Waals surface area contributed by atoms with Crippen LogP contribution < -0.4 is 5.32 Å². The fourth-order valence-corrected chi connectivity index (χ4v) is 1.15. The minimum absolute atomic E-state index is 0.353. The summed E-state index contributed by atoms with van der Waals surface area (Å²) in [6.45, 7) is -1.19. The third kappa shape index (κ3) is 3.74. The Morgan fingerprint density at radius 3 is 2.16 bits per heavy atom. The highest BCUT2D eigenvalue weighted by Gasteiger charge is 2.38. The van der Waals surface area contributed by atoms with Crippen molar-refractivity contribution in [3.05, 3.63) is 33.9 Å². The van der Waals surface area contributed by atoms with Gasteiger partial charge in [0.1, 0.15) is 5.69 Å². The Labute approximate surface area is 102 Å². The van der Waals surface area contributed by atoms with E-state index in [0.717, 1.165) is 0 Å². The van der Waals surface area contributed by atoms with Gasteiger partial charge in [-0.2, -0.15) is 13.2 Å². The third-order valence-corrected chi connectivity index (χ3v) is 2.09. The van der Waals surface area contributed by atoms with Gasteiger partial charge >= 0.3 is 6.18 Å². The number of anilines is 1. The molecule has 0 aliphatic rings. The summed E-state index contributed by atoms with van der Waals surface area (Å²) < 4.78 is 62.4. The van der Waals surface area contributed by atoms with Gasteiger partial charge in [-0.15, -0.1) is 0 Å². The number of rotatable bonds is 4. The maximum atomic E-state index is 13.2. The number of nitro benzene ring substituents is 1. The minimum Gasteiger partial charge on any atom is -0.382 e. The second-order valence-electron chi connectivity index (χ2n) is 3.48. The van der Waals surface area contributed by atoms with Gasteiger partial charge in [0.05, 0.1) is 17.1 Å². The molecule has 5 nitrogen and oxygen atoms in total. The number of hydrogen-bond acceptors (Lipinski definition) is 4. The first-order chi connectivity index (χ1) is 8.62. The Balaban J connectivity index is 2.88. The predicted molar refractivity (Wildman–Crippen MR) is 53.6 cm³/mol. The zero-order chi connectivity index (χ0) is 14.8. The number of nitrogens with zero attached hydrogens (tertiary/aromatic N) is 1. The van der Waals surface area contributed by atoms with Gasteiger partial charge in [-0.25, -0.2) is 8.78 Å². The van der Waals surface area contributed by atoms with Gasteiger partial charge in [0.15, 0.2) is 17.7 Å². The molecule has 106 valence electrons. The van der Waals surface area contributed by atoms with E-state index in [-0.39, 0.29) is 0 Å². The molecule has 1 rings (SSSR count). The average Bonchev–Trinajstić information content (AvgIpc) is 2.25. The Morgan fingerprint density at radius 2 is 1.79 bits per heavy atom. The number of halogens is 5. The molecule has 2 N–H and O–H groups in total. The molecule has 0 radical (unpaired) electrons. The summed E-state index contributed by atoms with van der Waals surface area (Å²) in [7, 11) is 0. The predicted octanol–water partition coefficient (Wildman–Crippen LogP) is 2.21. The quantitative estimate of drug-likeness (QED) is 0.505. The van der Waals surface area contributed by atoms with Crippen molar-refractivity contribution in [3.8, 4) is 0 Å². The molecular formula is C9H7F5N2O3. The Kier molecular flexibility index (Phi) is 4.24. The minimum atomic E-state index is -4.94. The highest BCUT2D eigenvalue weighted by atomic mass is 19.4. The summed E-state index contributed by atoms with van der Waals surface area (Å²) in [6.07, 6.45) is -7.76. The smallest absolute Gasteiger partial charge is 0.382 e. The number of hydrogen-bond donors (Lipinski definition) is 2. The molecule has 1 aromatic rings. The molecule has 0 fully saturated rings. The lowest BCUT2D eigenvalue weighted by Crippen LogP contribution is -2.35. The first-order valence-corrected chi connectivity index (χ1v) is 4.75. The highest BCUT2D eigenvalue weighted by molar-refractivity contribution is 5.51. The number of aliphatic hydroxyl groups excluding tert-OH is 1. The van der Waals surface area contributed by atoms with E-state index in [4.69, 9.17) is 5.11 Å². The van der Waals surface area contributed by atoms with E-state index in [1.54, 1.807) is 5.32 Å². The molecule has 19 heavy (non-hydrogen) atoms. The van der Waals surface area contributed by atoms with E-state index in [9.17, 15) is 32.1 Å². The second-order valence-corrected chi connectivity index (χ2v) is 3.48. The van der Waals surface area contributed by atoms with Crippen LogP contribution in [0.15, 0.2) is 12.1 Å². The standard InChI is InChI=1S/C9H7F5N2O3/c10-5-1-4(16(18)19)2-6(11)8(5)15-3-7(17)9(12,13)14/h1-2,7,15,17H,3H2. The third-order valence-electron chi connectivity index (χ3n) is 2.09. The first kappa shape index (κ1) is 15.1. The molecule has 0 aromatic heterocycles. The topological polar surface area (TPSA) is 75.4 Å². The van der Waals surface area contributed by atoms with Crippen molar-refractivity contribution in [1.29, 1.82) is 0 Å². The van der Waals surface area contributed by atoms with Gasteiger partial charge in [-0.05, 0) is 0 Å². The Morgan fingerprint density at radius 1 is 1.32 bits per heavy atom. The van der Waals surface area contributed by atoms with Crippen molar-refractivity contribution in [3.63, 3.8) is 0 Å². The zero-order valence-electron chi connectivity index (χ0n) is 9.04. The summed E-state index contributed by atoms with van der Waals surface area (Å²) >= 11 is 0. The van der Waals surface area contributed by atoms with Crippen molar-refractivity contribution in [1.82, 2.24) is 0 Å². The molecule has 0 saturated carbocycles. The number of nitro groups is 1. The molecular weight excluding hydrogens is 279 g/mol. The number of non-ortho nitro benzene ring substituents is 1. The average molecular weight is 286 g/mol. The molecule has 1 atom stereocenters. The van der Waals surface area contributed by atoms with Crippen LogP contribution in [0.3, 0.4) is 0 Å². The molecule has 0 bridgehead atoms. The van der Waals surface area contributed by atoms with Gasteiger partial charge < -0.3 is 10.4 Å². The fourth-order valence-electron chi connectivity index (χ4n) is 1.15. The molecule has 0 aliphatic carbocycles. The normalized spacial score (nSPS) is 13.2. The fraction of sp³-hybridized carbons (Fsp3) is 0.333. The number of alkyl halides is 3. The Hall–Kier alpha value is -1.97. The van der Waals surface area contributed by atoms with E-state index in [0.29, 0.717) is 12.1 Å². The molecule has 1 aromatic carbocycles. The van der Waals surface area contributed by atoms with Crippen LogP contribution in [0.25, 0.3) is 0 Å². The van der Waals surface area contributed by atoms with E-state index in [1.165, 1.54) is 0 Å². The van der Waals surface area contributed by atoms with E-state index >= 15 is 0 Å². The van der Waals surface area contributed by atoms with E-state index in [1.807, 2.05) is 0 Å². The van der Waals surface area contributed by atoms with Gasteiger partial charge in [-0.3, -0.25) is 10.1 Å². The van der Waals surface area contributed by atoms with E-state index in [2.05, 4.69) is 0 Å². The van der Waals surface area contributed by atoms with Gasteiger partial charge in [-0.1, -0.05) is 0 Å². The molecule has 0 spiro atoms. The number of nitrogens with one attached hydrogen (secondary N) is 1. The van der Waals surface area contributed by atoms with Crippen molar-refractivity contribution in [2.45, 2.75) is 12.3 Å². The highest BCUT2D eigenvalue weighted by Crippen LogP contribution is 2.26. The lowest BCUT2D eigenvalue weighted by Gasteiger charge is -2.16. The van der Waals surface area contributed by atoms with Crippen molar-refractivity contribution in [2.75, 3.05) is 11.9 Å². The summed E-state index contributed by atoms with van der Waals surface area (Å²) in [5.41, 5.74) is -1.86. The molecule has 0 heterocycles. The van der Waals surface area contributed by atoms with Crippen molar-refractivity contribution >= 4 is 11.4 Å². The molecule has 10 heteroatoms. The van der Waals surface area contributed by atoms with Crippen LogP contribution in [-0.2, 0) is 0 Å². The van der Waals surface area contributed by atoms with Crippen LogP contribution in [0.5, 0.6) is 0 Å². The largest absolute Gasteiger partial charge is 0.416 e. The molecule has 0 amide bonds. The zero-order valence-corrected chi connectivity index (χ0v) is 9.04.